The first-order valence-electron chi connectivity index (χ1n) is 9.09. The SMILES string of the molecule is COc1cc(C)c(COC(=O)/C=C/c2cn(Cc3ccccc3)nn2)cc1OC. The monoisotopic (exact) mass is 393 g/mol. The summed E-state index contributed by atoms with van der Waals surface area (Å²) in [6.07, 6.45) is 4.69. The van der Waals surface area contributed by atoms with Crippen molar-refractivity contribution in [3.8, 4) is 11.5 Å². The Balaban J connectivity index is 1.57. The molecule has 7 nitrogen and oxygen atoms in total. The molecule has 0 bridgehead atoms. The molecule has 0 saturated carbocycles. The lowest BCUT2D eigenvalue weighted by Gasteiger charge is -2.12. The van der Waals surface area contributed by atoms with Crippen molar-refractivity contribution in [1.29, 1.82) is 0 Å². The van der Waals surface area contributed by atoms with E-state index in [1.807, 2.05) is 43.3 Å². The van der Waals surface area contributed by atoms with E-state index in [2.05, 4.69) is 10.3 Å². The molecule has 0 radical (unpaired) electrons. The van der Waals surface area contributed by atoms with E-state index in [1.165, 1.54) is 6.08 Å². The van der Waals surface area contributed by atoms with Crippen LogP contribution in [0, 0.1) is 6.92 Å². The van der Waals surface area contributed by atoms with Crippen LogP contribution in [0.25, 0.3) is 6.08 Å². The zero-order chi connectivity index (χ0) is 20.6. The number of aromatic nitrogens is 3. The number of carbonyl (C=O) groups excluding carboxylic acids is 1. The molecule has 0 atom stereocenters. The molecule has 0 N–H and O–H groups in total. The summed E-state index contributed by atoms with van der Waals surface area (Å²) in [5, 5.41) is 8.11. The van der Waals surface area contributed by atoms with Crippen LogP contribution in [-0.4, -0.2) is 35.2 Å². The Morgan fingerprint density at radius 1 is 1.10 bits per heavy atom. The number of benzene rings is 2. The highest BCUT2D eigenvalue weighted by Crippen LogP contribution is 2.30. The molecule has 0 aliphatic heterocycles. The fourth-order valence-electron chi connectivity index (χ4n) is 2.77. The Kier molecular flexibility index (Phi) is 6.63. The molecule has 0 saturated heterocycles. The fourth-order valence-corrected chi connectivity index (χ4v) is 2.77. The molecule has 1 aromatic heterocycles. The maximum atomic E-state index is 12.1. The van der Waals surface area contributed by atoms with Gasteiger partial charge in [0, 0.05) is 6.08 Å². The van der Waals surface area contributed by atoms with Crippen molar-refractivity contribution in [2.75, 3.05) is 14.2 Å². The molecule has 2 aromatic carbocycles. The lowest BCUT2D eigenvalue weighted by atomic mass is 10.1. The standard InChI is InChI=1S/C22H23N3O4/c1-16-11-20(27-2)21(28-3)12-18(16)15-29-22(26)10-9-19-14-25(24-23-19)13-17-7-5-4-6-8-17/h4-12,14H,13,15H2,1-3H3/b10-9+. The molecule has 150 valence electrons. The van der Waals surface area contributed by atoms with Gasteiger partial charge in [-0.1, -0.05) is 35.5 Å². The van der Waals surface area contributed by atoms with Gasteiger partial charge in [-0.3, -0.25) is 0 Å². The van der Waals surface area contributed by atoms with Crippen LogP contribution < -0.4 is 9.47 Å². The summed E-state index contributed by atoms with van der Waals surface area (Å²) < 4.78 is 17.6. The van der Waals surface area contributed by atoms with Crippen molar-refractivity contribution < 1.29 is 19.0 Å². The Labute approximate surface area is 169 Å². The van der Waals surface area contributed by atoms with Crippen LogP contribution in [0.2, 0.25) is 0 Å². The van der Waals surface area contributed by atoms with Crippen LogP contribution in [0.1, 0.15) is 22.4 Å². The minimum absolute atomic E-state index is 0.135. The minimum Gasteiger partial charge on any atom is -0.493 e. The van der Waals surface area contributed by atoms with E-state index in [-0.39, 0.29) is 6.61 Å². The molecular formula is C22H23N3O4. The summed E-state index contributed by atoms with van der Waals surface area (Å²) in [7, 11) is 3.15. The molecule has 29 heavy (non-hydrogen) atoms. The zero-order valence-corrected chi connectivity index (χ0v) is 16.7. The maximum absolute atomic E-state index is 12.1. The van der Waals surface area contributed by atoms with Crippen LogP contribution in [-0.2, 0) is 22.7 Å². The highest BCUT2D eigenvalue weighted by molar-refractivity contribution is 5.86. The number of hydrogen-bond acceptors (Lipinski definition) is 6. The zero-order valence-electron chi connectivity index (χ0n) is 16.7. The van der Waals surface area contributed by atoms with E-state index in [4.69, 9.17) is 14.2 Å². The summed E-state index contributed by atoms with van der Waals surface area (Å²) in [5.41, 5.74) is 3.50. The molecule has 0 spiro atoms. The largest absolute Gasteiger partial charge is 0.493 e. The molecule has 0 aliphatic rings. The summed E-state index contributed by atoms with van der Waals surface area (Å²) in [4.78, 5) is 12.1. The average Bonchev–Trinajstić information content (AvgIpc) is 3.19. The van der Waals surface area contributed by atoms with Crippen LogP contribution >= 0.6 is 0 Å². The third kappa shape index (κ3) is 5.44. The molecule has 7 heteroatoms. The van der Waals surface area contributed by atoms with Gasteiger partial charge >= 0.3 is 5.97 Å². The summed E-state index contributed by atoms with van der Waals surface area (Å²) in [5.74, 6) is 0.769. The highest BCUT2D eigenvalue weighted by atomic mass is 16.5. The summed E-state index contributed by atoms with van der Waals surface area (Å²) >= 11 is 0. The van der Waals surface area contributed by atoms with Gasteiger partial charge in [-0.2, -0.15) is 0 Å². The number of esters is 1. The third-order valence-corrected chi connectivity index (χ3v) is 4.35. The molecule has 0 fully saturated rings. The Bertz CT molecular complexity index is 997. The number of aryl methyl sites for hydroxylation is 1. The van der Waals surface area contributed by atoms with E-state index in [9.17, 15) is 4.79 Å². The van der Waals surface area contributed by atoms with Crippen molar-refractivity contribution in [2.45, 2.75) is 20.1 Å². The van der Waals surface area contributed by atoms with Gasteiger partial charge < -0.3 is 14.2 Å². The molecular weight excluding hydrogens is 370 g/mol. The first-order chi connectivity index (χ1) is 14.1. The van der Waals surface area contributed by atoms with Gasteiger partial charge in [-0.05, 0) is 41.8 Å². The number of carbonyl (C=O) groups is 1. The minimum atomic E-state index is -0.461. The van der Waals surface area contributed by atoms with Crippen LogP contribution in [0.15, 0.2) is 54.7 Å². The van der Waals surface area contributed by atoms with Gasteiger partial charge in [0.1, 0.15) is 12.3 Å². The molecule has 1 heterocycles. The van der Waals surface area contributed by atoms with Gasteiger partial charge in [0.05, 0.1) is 27.0 Å². The highest BCUT2D eigenvalue weighted by Gasteiger charge is 2.10. The van der Waals surface area contributed by atoms with Crippen molar-refractivity contribution in [1.82, 2.24) is 15.0 Å². The smallest absolute Gasteiger partial charge is 0.331 e. The van der Waals surface area contributed by atoms with Crippen LogP contribution in [0.3, 0.4) is 0 Å². The van der Waals surface area contributed by atoms with Crippen molar-refractivity contribution in [2.24, 2.45) is 0 Å². The van der Waals surface area contributed by atoms with E-state index >= 15 is 0 Å². The molecule has 3 aromatic rings. The van der Waals surface area contributed by atoms with E-state index in [0.29, 0.717) is 23.7 Å². The second kappa shape index (κ2) is 9.54. The van der Waals surface area contributed by atoms with Crippen molar-refractivity contribution >= 4 is 12.0 Å². The molecule has 3 rings (SSSR count). The maximum Gasteiger partial charge on any atom is 0.331 e. The quantitative estimate of drug-likeness (QED) is 0.431. The lowest BCUT2D eigenvalue weighted by molar-refractivity contribution is -0.138. The van der Waals surface area contributed by atoms with Gasteiger partial charge in [-0.15, -0.1) is 5.10 Å². The van der Waals surface area contributed by atoms with E-state index in [1.54, 1.807) is 37.2 Å². The number of rotatable bonds is 8. The second-order valence-electron chi connectivity index (χ2n) is 6.40. The number of nitrogens with zero attached hydrogens (tertiary/aromatic N) is 3. The van der Waals surface area contributed by atoms with Gasteiger partial charge in [0.25, 0.3) is 0 Å². The number of ether oxygens (including phenoxy) is 3. The first-order valence-corrected chi connectivity index (χ1v) is 9.09. The Morgan fingerprint density at radius 2 is 1.83 bits per heavy atom. The normalized spacial score (nSPS) is 10.9. The second-order valence-corrected chi connectivity index (χ2v) is 6.40. The van der Waals surface area contributed by atoms with Crippen LogP contribution in [0.5, 0.6) is 11.5 Å². The van der Waals surface area contributed by atoms with Crippen molar-refractivity contribution in [3.63, 3.8) is 0 Å². The predicted molar refractivity (Wildman–Crippen MR) is 109 cm³/mol. The predicted octanol–water partition coefficient (Wildman–Crippen LogP) is 3.41. The van der Waals surface area contributed by atoms with Crippen LogP contribution in [0.4, 0.5) is 0 Å². The Morgan fingerprint density at radius 3 is 2.55 bits per heavy atom. The molecule has 0 aliphatic carbocycles. The lowest BCUT2D eigenvalue weighted by Crippen LogP contribution is -2.03. The Hall–Kier alpha value is -3.61. The number of hydrogen-bond donors (Lipinski definition) is 0. The van der Waals surface area contributed by atoms with E-state index < -0.39 is 5.97 Å². The van der Waals surface area contributed by atoms with Gasteiger partial charge in [0.15, 0.2) is 11.5 Å². The van der Waals surface area contributed by atoms with Gasteiger partial charge in [-0.25, -0.2) is 9.48 Å². The fraction of sp³-hybridized carbons (Fsp3) is 0.227. The van der Waals surface area contributed by atoms with Gasteiger partial charge in [0.2, 0.25) is 0 Å². The van der Waals surface area contributed by atoms with Crippen molar-refractivity contribution in [3.05, 3.63) is 77.1 Å². The molecule has 0 unspecified atom stereocenters. The topological polar surface area (TPSA) is 75.5 Å². The van der Waals surface area contributed by atoms with E-state index in [0.717, 1.165) is 16.7 Å². The average molecular weight is 393 g/mol. The third-order valence-electron chi connectivity index (χ3n) is 4.35. The first kappa shape index (κ1) is 20.1. The number of methoxy groups -OCH3 is 2. The summed E-state index contributed by atoms with van der Waals surface area (Å²) in [6.45, 7) is 2.67. The molecule has 0 amide bonds. The summed E-state index contributed by atoms with van der Waals surface area (Å²) in [6, 6.07) is 13.6.